The Kier molecular flexibility index (Phi) is 4.77. The van der Waals surface area contributed by atoms with E-state index >= 15 is 0 Å². The lowest BCUT2D eigenvalue weighted by molar-refractivity contribution is 0.257. The molecule has 0 amide bonds. The lowest BCUT2D eigenvalue weighted by atomic mass is 10.1. The van der Waals surface area contributed by atoms with Gasteiger partial charge in [-0.05, 0) is 41.5 Å². The van der Waals surface area contributed by atoms with Gasteiger partial charge in [0, 0.05) is 49.4 Å². The first-order valence-electron chi connectivity index (χ1n) is 10.1. The van der Waals surface area contributed by atoms with Crippen molar-refractivity contribution in [1.82, 2.24) is 19.9 Å². The lowest BCUT2D eigenvalue weighted by Gasteiger charge is -2.20. The highest BCUT2D eigenvalue weighted by molar-refractivity contribution is 5.62. The summed E-state index contributed by atoms with van der Waals surface area (Å²) in [5, 5.41) is 0. The highest BCUT2D eigenvalue weighted by atomic mass is 19.1. The van der Waals surface area contributed by atoms with Crippen molar-refractivity contribution in [1.29, 1.82) is 0 Å². The zero-order chi connectivity index (χ0) is 20.7. The summed E-state index contributed by atoms with van der Waals surface area (Å²) in [7, 11) is 0. The van der Waals surface area contributed by atoms with Gasteiger partial charge in [0.15, 0.2) is 17.4 Å². The molecule has 0 radical (unpaired) electrons. The van der Waals surface area contributed by atoms with E-state index in [9.17, 15) is 8.78 Å². The molecular weight excluding hydrogens is 388 g/mol. The van der Waals surface area contributed by atoms with Crippen LogP contribution < -0.4 is 9.64 Å². The van der Waals surface area contributed by atoms with Crippen LogP contribution in [-0.4, -0.2) is 39.6 Å². The average molecular weight is 409 g/mol. The fourth-order valence-electron chi connectivity index (χ4n) is 4.25. The van der Waals surface area contributed by atoms with Crippen molar-refractivity contribution in [3.05, 3.63) is 60.4 Å². The van der Waals surface area contributed by atoms with Crippen molar-refractivity contribution in [2.45, 2.75) is 13.3 Å². The van der Waals surface area contributed by atoms with Crippen molar-refractivity contribution >= 4 is 5.95 Å². The molecule has 2 atom stereocenters. The Bertz CT molecular complexity index is 1010. The van der Waals surface area contributed by atoms with E-state index < -0.39 is 11.6 Å². The number of rotatable bonds is 6. The van der Waals surface area contributed by atoms with Gasteiger partial charge >= 0.3 is 0 Å². The Hall–Kier alpha value is -3.16. The normalized spacial score (nSPS) is 22.1. The van der Waals surface area contributed by atoms with Gasteiger partial charge in [-0.15, -0.1) is 0 Å². The molecule has 0 bridgehead atoms. The molecule has 1 aromatic carbocycles. The molecule has 6 nitrogen and oxygen atoms in total. The van der Waals surface area contributed by atoms with E-state index in [1.54, 1.807) is 0 Å². The van der Waals surface area contributed by atoms with E-state index in [0.29, 0.717) is 35.5 Å². The smallest absolute Gasteiger partial charge is 0.225 e. The van der Waals surface area contributed by atoms with Crippen molar-refractivity contribution in [2.75, 3.05) is 24.6 Å². The highest BCUT2D eigenvalue weighted by Gasteiger charge is 2.56. The number of fused-ring (bicyclic) bond motifs is 1. The third kappa shape index (κ3) is 3.46. The van der Waals surface area contributed by atoms with E-state index in [-0.39, 0.29) is 5.75 Å². The third-order valence-electron chi connectivity index (χ3n) is 6.07. The fourth-order valence-corrected chi connectivity index (χ4v) is 4.25. The minimum absolute atomic E-state index is 0.303. The van der Waals surface area contributed by atoms with Crippen molar-refractivity contribution in [2.24, 2.45) is 17.8 Å². The third-order valence-corrected chi connectivity index (χ3v) is 6.07. The number of benzene rings is 1. The Morgan fingerprint density at radius 3 is 2.20 bits per heavy atom. The Morgan fingerprint density at radius 2 is 1.60 bits per heavy atom. The summed E-state index contributed by atoms with van der Waals surface area (Å²) >= 11 is 0. The van der Waals surface area contributed by atoms with Crippen molar-refractivity contribution in [3.8, 4) is 16.9 Å². The Labute approximate surface area is 173 Å². The Morgan fingerprint density at radius 1 is 0.967 bits per heavy atom. The first-order valence-corrected chi connectivity index (χ1v) is 10.1. The summed E-state index contributed by atoms with van der Waals surface area (Å²) < 4.78 is 34.5. The van der Waals surface area contributed by atoms with Crippen LogP contribution in [-0.2, 0) is 6.42 Å². The number of anilines is 1. The van der Waals surface area contributed by atoms with Crippen LogP contribution in [0.3, 0.4) is 0 Å². The molecule has 1 aliphatic heterocycles. The van der Waals surface area contributed by atoms with Gasteiger partial charge in [0.05, 0.1) is 6.61 Å². The molecule has 2 fully saturated rings. The predicted octanol–water partition coefficient (Wildman–Crippen LogP) is 3.54. The summed E-state index contributed by atoms with van der Waals surface area (Å²) in [6.45, 7) is 4.08. The monoisotopic (exact) mass is 409 g/mol. The fraction of sp³-hybridized carbons (Fsp3) is 0.364. The molecule has 2 aromatic heterocycles. The lowest BCUT2D eigenvalue weighted by Crippen LogP contribution is -2.27. The van der Waals surface area contributed by atoms with E-state index in [0.717, 1.165) is 31.0 Å². The Balaban J connectivity index is 1.19. The maximum Gasteiger partial charge on any atom is 0.225 e. The largest absolute Gasteiger partial charge is 0.487 e. The van der Waals surface area contributed by atoms with Crippen LogP contribution in [0, 0.1) is 29.4 Å². The van der Waals surface area contributed by atoms with E-state index in [1.807, 2.05) is 12.4 Å². The first kappa shape index (κ1) is 18.8. The molecule has 30 heavy (non-hydrogen) atoms. The summed E-state index contributed by atoms with van der Waals surface area (Å²) in [5.41, 5.74) is 2.04. The first-order chi connectivity index (χ1) is 14.6. The van der Waals surface area contributed by atoms with Gasteiger partial charge < -0.3 is 9.64 Å². The molecule has 0 spiro atoms. The van der Waals surface area contributed by atoms with Gasteiger partial charge in [-0.3, -0.25) is 0 Å². The minimum atomic E-state index is -0.717. The molecule has 154 valence electrons. The number of nitrogens with zero attached hydrogens (tertiary/aromatic N) is 5. The molecule has 0 N–H and O–H groups in total. The van der Waals surface area contributed by atoms with Gasteiger partial charge in [-0.25, -0.2) is 28.7 Å². The van der Waals surface area contributed by atoms with Crippen molar-refractivity contribution < 1.29 is 13.5 Å². The molecule has 8 heteroatoms. The van der Waals surface area contributed by atoms with Crippen LogP contribution in [0.2, 0.25) is 0 Å². The number of aryl methyl sites for hydroxylation is 1. The van der Waals surface area contributed by atoms with Gasteiger partial charge in [0.25, 0.3) is 0 Å². The second-order valence-corrected chi connectivity index (χ2v) is 7.85. The predicted molar refractivity (Wildman–Crippen MR) is 107 cm³/mol. The molecule has 2 unspecified atom stereocenters. The van der Waals surface area contributed by atoms with E-state index in [2.05, 4.69) is 31.8 Å². The number of hydrogen-bond acceptors (Lipinski definition) is 6. The second kappa shape index (κ2) is 7.59. The molecule has 1 aliphatic carbocycles. The zero-order valence-electron chi connectivity index (χ0n) is 16.5. The molecule has 1 saturated carbocycles. The van der Waals surface area contributed by atoms with Crippen LogP contribution in [0.1, 0.15) is 12.5 Å². The van der Waals surface area contributed by atoms with Gasteiger partial charge in [0.1, 0.15) is 6.33 Å². The van der Waals surface area contributed by atoms with Crippen molar-refractivity contribution in [3.63, 3.8) is 0 Å². The molecule has 3 heterocycles. The van der Waals surface area contributed by atoms with Crippen LogP contribution in [0.4, 0.5) is 14.7 Å². The molecular formula is C22H21F2N5O. The summed E-state index contributed by atoms with van der Waals surface area (Å²) in [6.07, 6.45) is 9.04. The highest BCUT2D eigenvalue weighted by Crippen LogP contribution is 2.52. The quantitative estimate of drug-likeness (QED) is 0.621. The van der Waals surface area contributed by atoms with Gasteiger partial charge in [0.2, 0.25) is 5.95 Å². The number of ether oxygens (including phenoxy) is 1. The summed E-state index contributed by atoms with van der Waals surface area (Å²) in [6, 6.07) is 2.51. The topological polar surface area (TPSA) is 64.0 Å². The molecule has 2 aliphatic rings. The molecule has 3 aromatic rings. The number of piperidine rings is 1. The number of halogens is 2. The maximum atomic E-state index is 14.5. The molecule has 1 saturated heterocycles. The standard InChI is InChI=1S/C22H21F2N5O/c1-2-13-5-27-22(28-6-13)29-9-16-17(10-29)18(16)11-30-21-19(23)3-14(4-20(21)24)15-7-25-12-26-8-15/h3-8,12,16-18H,2,9-11H2,1H3. The van der Waals surface area contributed by atoms with Crippen LogP contribution >= 0.6 is 0 Å². The average Bonchev–Trinajstić information content (AvgIpc) is 3.22. The van der Waals surface area contributed by atoms with E-state index in [4.69, 9.17) is 4.74 Å². The van der Waals surface area contributed by atoms with E-state index in [1.165, 1.54) is 30.9 Å². The second-order valence-electron chi connectivity index (χ2n) is 7.85. The zero-order valence-corrected chi connectivity index (χ0v) is 16.5. The summed E-state index contributed by atoms with van der Waals surface area (Å²) in [5.74, 6) is 0.193. The van der Waals surface area contributed by atoms with Gasteiger partial charge in [-0.1, -0.05) is 6.92 Å². The number of hydrogen-bond donors (Lipinski definition) is 0. The minimum Gasteiger partial charge on any atom is -0.487 e. The van der Waals surface area contributed by atoms with Crippen LogP contribution in [0.5, 0.6) is 5.75 Å². The molecule has 5 rings (SSSR count). The van der Waals surface area contributed by atoms with Crippen LogP contribution in [0.25, 0.3) is 11.1 Å². The van der Waals surface area contributed by atoms with Gasteiger partial charge in [-0.2, -0.15) is 0 Å². The van der Waals surface area contributed by atoms with Crippen LogP contribution in [0.15, 0.2) is 43.2 Å². The SMILES string of the molecule is CCc1cnc(N2CC3C(COc4c(F)cc(-c5cncnc5)cc4F)C3C2)nc1. The number of aromatic nitrogens is 4. The maximum absolute atomic E-state index is 14.5. The summed E-state index contributed by atoms with van der Waals surface area (Å²) in [4.78, 5) is 18.8.